The third-order valence-electron chi connectivity index (χ3n) is 2.68. The molecular formula is C15H11ClO3S. The third kappa shape index (κ3) is 3.85. The molecule has 2 aromatic rings. The van der Waals surface area contributed by atoms with Gasteiger partial charge in [-0.05, 0) is 35.7 Å². The van der Waals surface area contributed by atoms with E-state index >= 15 is 0 Å². The molecule has 0 aliphatic carbocycles. The van der Waals surface area contributed by atoms with Gasteiger partial charge in [0, 0.05) is 10.6 Å². The average molecular weight is 307 g/mol. The number of Topliss-reactive ketones (excluding diaryl/α,β-unsaturated/α-hetero) is 3. The Hall–Kier alpha value is -1.78. The quantitative estimate of drug-likeness (QED) is 0.602. The Morgan fingerprint density at radius 3 is 2.20 bits per heavy atom. The van der Waals surface area contributed by atoms with Gasteiger partial charge in [0.1, 0.15) is 5.78 Å². The van der Waals surface area contributed by atoms with Crippen LogP contribution in [-0.2, 0) is 4.79 Å². The van der Waals surface area contributed by atoms with Crippen LogP contribution in [0, 0.1) is 0 Å². The van der Waals surface area contributed by atoms with E-state index in [4.69, 9.17) is 11.6 Å². The summed E-state index contributed by atoms with van der Waals surface area (Å²) in [5.41, 5.74) is 0.423. The largest absolute Gasteiger partial charge is 0.299 e. The summed E-state index contributed by atoms with van der Waals surface area (Å²) >= 11 is 7.01. The number of benzene rings is 1. The molecule has 0 saturated heterocycles. The molecule has 1 heterocycles. The molecule has 3 nitrogen and oxygen atoms in total. The molecule has 2 rings (SSSR count). The van der Waals surface area contributed by atoms with E-state index < -0.39 is 0 Å². The number of hydrogen-bond acceptors (Lipinski definition) is 4. The molecular weight excluding hydrogens is 296 g/mol. The minimum atomic E-state index is -0.372. The number of carbonyl (C=O) groups is 3. The van der Waals surface area contributed by atoms with Gasteiger partial charge < -0.3 is 0 Å². The van der Waals surface area contributed by atoms with E-state index in [1.165, 1.54) is 11.3 Å². The van der Waals surface area contributed by atoms with Crippen LogP contribution in [0.4, 0.5) is 0 Å². The fourth-order valence-corrected chi connectivity index (χ4v) is 2.47. The summed E-state index contributed by atoms with van der Waals surface area (Å²) < 4.78 is 0. The lowest BCUT2D eigenvalue weighted by Gasteiger charge is -2.01. The van der Waals surface area contributed by atoms with Crippen molar-refractivity contribution in [3.8, 4) is 0 Å². The van der Waals surface area contributed by atoms with Crippen LogP contribution in [0.3, 0.4) is 0 Å². The molecule has 0 unspecified atom stereocenters. The molecule has 102 valence electrons. The van der Waals surface area contributed by atoms with E-state index in [1.807, 2.05) is 0 Å². The Bertz CT molecular complexity index is 630. The predicted molar refractivity (Wildman–Crippen MR) is 78.7 cm³/mol. The SMILES string of the molecule is O=C(CC(=O)c1ccc(Cl)cc1)CC(=O)c1cccs1. The highest BCUT2D eigenvalue weighted by Gasteiger charge is 2.16. The highest BCUT2D eigenvalue weighted by molar-refractivity contribution is 7.12. The fraction of sp³-hybridized carbons (Fsp3) is 0.133. The van der Waals surface area contributed by atoms with Crippen LogP contribution in [0.2, 0.25) is 5.02 Å². The second-order valence-electron chi connectivity index (χ2n) is 4.22. The van der Waals surface area contributed by atoms with Gasteiger partial charge in [-0.15, -0.1) is 11.3 Å². The van der Waals surface area contributed by atoms with Crippen molar-refractivity contribution in [1.29, 1.82) is 0 Å². The monoisotopic (exact) mass is 306 g/mol. The van der Waals surface area contributed by atoms with Gasteiger partial charge in [-0.25, -0.2) is 0 Å². The summed E-state index contributed by atoms with van der Waals surface area (Å²) in [7, 11) is 0. The van der Waals surface area contributed by atoms with Crippen LogP contribution >= 0.6 is 22.9 Å². The van der Waals surface area contributed by atoms with Crippen molar-refractivity contribution in [3.05, 3.63) is 57.2 Å². The van der Waals surface area contributed by atoms with E-state index in [-0.39, 0.29) is 30.2 Å². The summed E-state index contributed by atoms with van der Waals surface area (Å²) in [5, 5.41) is 2.30. The first kappa shape index (κ1) is 14.6. The van der Waals surface area contributed by atoms with Gasteiger partial charge in [0.05, 0.1) is 17.7 Å². The van der Waals surface area contributed by atoms with Crippen molar-refractivity contribution >= 4 is 40.3 Å². The zero-order valence-corrected chi connectivity index (χ0v) is 12.0. The lowest BCUT2D eigenvalue weighted by molar-refractivity contribution is -0.117. The number of halogens is 1. The minimum absolute atomic E-state index is 0.236. The predicted octanol–water partition coefficient (Wildman–Crippen LogP) is 3.82. The van der Waals surface area contributed by atoms with Gasteiger partial charge in [-0.1, -0.05) is 17.7 Å². The van der Waals surface area contributed by atoms with Crippen molar-refractivity contribution in [2.45, 2.75) is 12.8 Å². The lowest BCUT2D eigenvalue weighted by atomic mass is 10.0. The van der Waals surface area contributed by atoms with Crippen molar-refractivity contribution in [2.75, 3.05) is 0 Å². The molecule has 0 aliphatic rings. The smallest absolute Gasteiger partial charge is 0.180 e. The van der Waals surface area contributed by atoms with Crippen LogP contribution in [0.15, 0.2) is 41.8 Å². The summed E-state index contributed by atoms with van der Waals surface area (Å²) in [4.78, 5) is 35.9. The Kier molecular flexibility index (Phi) is 4.82. The van der Waals surface area contributed by atoms with Gasteiger partial charge in [-0.2, -0.15) is 0 Å². The maximum absolute atomic E-state index is 11.9. The van der Waals surface area contributed by atoms with Crippen molar-refractivity contribution in [3.63, 3.8) is 0 Å². The maximum atomic E-state index is 11.9. The normalized spacial score (nSPS) is 10.2. The van der Waals surface area contributed by atoms with Crippen LogP contribution in [0.5, 0.6) is 0 Å². The molecule has 20 heavy (non-hydrogen) atoms. The number of hydrogen-bond donors (Lipinski definition) is 0. The van der Waals surface area contributed by atoms with E-state index in [9.17, 15) is 14.4 Å². The van der Waals surface area contributed by atoms with Gasteiger partial charge >= 0.3 is 0 Å². The first-order valence-electron chi connectivity index (χ1n) is 5.93. The van der Waals surface area contributed by atoms with Crippen LogP contribution in [0.1, 0.15) is 32.9 Å². The Balaban J connectivity index is 1.93. The first-order chi connectivity index (χ1) is 9.56. The van der Waals surface area contributed by atoms with E-state index in [1.54, 1.807) is 41.8 Å². The van der Waals surface area contributed by atoms with Gasteiger partial charge in [0.25, 0.3) is 0 Å². The van der Waals surface area contributed by atoms with Crippen LogP contribution < -0.4 is 0 Å². The second kappa shape index (κ2) is 6.59. The number of ketones is 3. The first-order valence-corrected chi connectivity index (χ1v) is 7.19. The van der Waals surface area contributed by atoms with E-state index in [2.05, 4.69) is 0 Å². The molecule has 1 aromatic carbocycles. The van der Waals surface area contributed by atoms with Crippen LogP contribution in [0.25, 0.3) is 0 Å². The van der Waals surface area contributed by atoms with Gasteiger partial charge in [0.15, 0.2) is 11.6 Å². The van der Waals surface area contributed by atoms with Crippen LogP contribution in [-0.4, -0.2) is 17.3 Å². The Morgan fingerprint density at radius 1 is 0.950 bits per heavy atom. The second-order valence-corrected chi connectivity index (χ2v) is 5.61. The van der Waals surface area contributed by atoms with E-state index in [0.717, 1.165) is 0 Å². The molecule has 0 N–H and O–H groups in total. The average Bonchev–Trinajstić information content (AvgIpc) is 2.93. The molecule has 1 aromatic heterocycles. The summed E-state index contributed by atoms with van der Waals surface area (Å²) in [6.07, 6.45) is -0.501. The van der Waals surface area contributed by atoms with Crippen molar-refractivity contribution in [1.82, 2.24) is 0 Å². The number of carbonyl (C=O) groups excluding carboxylic acids is 3. The summed E-state index contributed by atoms with van der Waals surface area (Å²) in [6, 6.07) is 9.74. The minimum Gasteiger partial charge on any atom is -0.299 e. The van der Waals surface area contributed by atoms with Crippen molar-refractivity contribution in [2.24, 2.45) is 0 Å². The summed E-state index contributed by atoms with van der Waals surface area (Å²) in [5.74, 6) is -0.914. The molecule has 5 heteroatoms. The summed E-state index contributed by atoms with van der Waals surface area (Å²) in [6.45, 7) is 0. The molecule has 0 saturated carbocycles. The maximum Gasteiger partial charge on any atom is 0.180 e. The fourth-order valence-electron chi connectivity index (χ4n) is 1.68. The van der Waals surface area contributed by atoms with Gasteiger partial charge in [0.2, 0.25) is 0 Å². The molecule has 0 amide bonds. The highest BCUT2D eigenvalue weighted by atomic mass is 35.5. The highest BCUT2D eigenvalue weighted by Crippen LogP contribution is 2.14. The number of thiophene rings is 1. The molecule has 0 aliphatic heterocycles. The standard InChI is InChI=1S/C15H11ClO3S/c16-11-5-3-10(4-6-11)13(18)8-12(17)9-14(19)15-2-1-7-20-15/h1-7H,8-9H2. The Labute approximate surface area is 125 Å². The van der Waals surface area contributed by atoms with Gasteiger partial charge in [-0.3, -0.25) is 14.4 Å². The number of rotatable bonds is 6. The molecule has 0 spiro atoms. The third-order valence-corrected chi connectivity index (χ3v) is 3.84. The molecule has 0 atom stereocenters. The molecule has 0 bridgehead atoms. The molecule has 0 fully saturated rings. The zero-order chi connectivity index (χ0) is 14.5. The topological polar surface area (TPSA) is 51.2 Å². The molecule has 0 radical (unpaired) electrons. The zero-order valence-electron chi connectivity index (χ0n) is 10.5. The lowest BCUT2D eigenvalue weighted by Crippen LogP contribution is -2.12. The Morgan fingerprint density at radius 2 is 1.60 bits per heavy atom. The van der Waals surface area contributed by atoms with E-state index in [0.29, 0.717) is 15.5 Å². The van der Waals surface area contributed by atoms with Crippen molar-refractivity contribution < 1.29 is 14.4 Å².